The number of nitrogens with two attached hydrogens (primary N) is 1. The third kappa shape index (κ3) is 4.95. The minimum Gasteiger partial charge on any atom is -0.467 e. The normalized spacial score (nSPS) is 10.7. The number of likely N-dealkylation sites (N-methyl/N-ethyl adjacent to an activating group) is 1. The lowest BCUT2D eigenvalue weighted by Crippen LogP contribution is -2.35. The van der Waals surface area contributed by atoms with Crippen LogP contribution in [0.25, 0.3) is 0 Å². The van der Waals surface area contributed by atoms with Crippen LogP contribution < -0.4 is 11.1 Å². The molecule has 90 valence electrons. The van der Waals surface area contributed by atoms with Crippen LogP contribution in [-0.4, -0.2) is 37.5 Å². The predicted octanol–water partition coefficient (Wildman–Crippen LogP) is 0.176. The van der Waals surface area contributed by atoms with Crippen LogP contribution in [0.5, 0.6) is 0 Å². The summed E-state index contributed by atoms with van der Waals surface area (Å²) in [5, 5.41) is 2.79. The molecule has 0 bridgehead atoms. The van der Waals surface area contributed by atoms with E-state index in [0.29, 0.717) is 19.6 Å². The molecule has 0 unspecified atom stereocenters. The van der Waals surface area contributed by atoms with Crippen molar-refractivity contribution in [1.82, 2.24) is 10.2 Å². The quantitative estimate of drug-likeness (QED) is 0.694. The Kier molecular flexibility index (Phi) is 5.60. The van der Waals surface area contributed by atoms with Gasteiger partial charge in [-0.15, -0.1) is 0 Å². The molecule has 3 N–H and O–H groups in total. The van der Waals surface area contributed by atoms with Crippen LogP contribution in [0, 0.1) is 0 Å². The van der Waals surface area contributed by atoms with E-state index >= 15 is 0 Å². The summed E-state index contributed by atoms with van der Waals surface area (Å²) in [7, 11) is 1.90. The first kappa shape index (κ1) is 12.7. The van der Waals surface area contributed by atoms with E-state index in [2.05, 4.69) is 5.32 Å². The number of carbonyl (C=O) groups excluding carboxylic acids is 1. The fourth-order valence-corrected chi connectivity index (χ4v) is 1.34. The van der Waals surface area contributed by atoms with Gasteiger partial charge in [-0.3, -0.25) is 9.69 Å². The molecule has 1 aromatic heterocycles. The summed E-state index contributed by atoms with van der Waals surface area (Å²) in [5.74, 6) is 0.758. The van der Waals surface area contributed by atoms with E-state index in [0.717, 1.165) is 18.7 Å². The van der Waals surface area contributed by atoms with Crippen LogP contribution in [0.2, 0.25) is 0 Å². The third-order valence-corrected chi connectivity index (χ3v) is 2.20. The minimum absolute atomic E-state index is 0.00378. The van der Waals surface area contributed by atoms with Gasteiger partial charge in [-0.1, -0.05) is 0 Å². The summed E-state index contributed by atoms with van der Waals surface area (Å²) < 4.78 is 5.11. The number of nitrogens with zero attached hydrogens (tertiary/aromatic N) is 1. The molecule has 1 amide bonds. The lowest BCUT2D eigenvalue weighted by molar-refractivity contribution is -0.122. The fraction of sp³-hybridized carbons (Fsp3) is 0.545. The summed E-state index contributed by atoms with van der Waals surface area (Å²) in [6.07, 6.45) is 2.50. The minimum atomic E-state index is -0.00378. The van der Waals surface area contributed by atoms with Gasteiger partial charge in [0.05, 0.1) is 19.4 Å². The Balaban J connectivity index is 2.15. The van der Waals surface area contributed by atoms with Gasteiger partial charge < -0.3 is 15.5 Å². The number of furan rings is 1. The van der Waals surface area contributed by atoms with E-state index in [4.69, 9.17) is 10.2 Å². The van der Waals surface area contributed by atoms with Crippen molar-refractivity contribution in [1.29, 1.82) is 0 Å². The molecule has 0 fully saturated rings. The topological polar surface area (TPSA) is 71.5 Å². The standard InChI is InChI=1S/C11H19N3O2/c1-14(6-3-5-12)9-11(15)13-8-10-4-2-7-16-10/h2,4,7H,3,5-6,8-9,12H2,1H3,(H,13,15). The van der Waals surface area contributed by atoms with Crippen molar-refractivity contribution in [2.45, 2.75) is 13.0 Å². The van der Waals surface area contributed by atoms with Gasteiger partial charge in [0.1, 0.15) is 5.76 Å². The van der Waals surface area contributed by atoms with Crippen molar-refractivity contribution in [3.63, 3.8) is 0 Å². The van der Waals surface area contributed by atoms with Crippen LogP contribution in [0.4, 0.5) is 0 Å². The molecule has 16 heavy (non-hydrogen) atoms. The van der Waals surface area contributed by atoms with Crippen LogP contribution in [0.3, 0.4) is 0 Å². The molecule has 0 aliphatic heterocycles. The number of amides is 1. The fourth-order valence-electron chi connectivity index (χ4n) is 1.34. The second kappa shape index (κ2) is 7.03. The molecule has 0 saturated carbocycles. The van der Waals surface area contributed by atoms with E-state index in [1.807, 2.05) is 18.0 Å². The van der Waals surface area contributed by atoms with E-state index in [-0.39, 0.29) is 5.91 Å². The molecule has 0 radical (unpaired) electrons. The molecule has 5 nitrogen and oxygen atoms in total. The van der Waals surface area contributed by atoms with Gasteiger partial charge in [-0.2, -0.15) is 0 Å². The Labute approximate surface area is 95.6 Å². The number of nitrogens with one attached hydrogen (secondary N) is 1. The Morgan fingerprint density at radius 3 is 3.06 bits per heavy atom. The maximum Gasteiger partial charge on any atom is 0.234 e. The first-order chi connectivity index (χ1) is 7.72. The number of hydrogen-bond donors (Lipinski definition) is 2. The summed E-state index contributed by atoms with van der Waals surface area (Å²) in [6.45, 7) is 2.32. The number of hydrogen-bond acceptors (Lipinski definition) is 4. The van der Waals surface area contributed by atoms with Gasteiger partial charge in [-0.25, -0.2) is 0 Å². The highest BCUT2D eigenvalue weighted by atomic mass is 16.3. The van der Waals surface area contributed by atoms with Crippen molar-refractivity contribution < 1.29 is 9.21 Å². The third-order valence-electron chi connectivity index (χ3n) is 2.20. The van der Waals surface area contributed by atoms with Crippen LogP contribution in [0.1, 0.15) is 12.2 Å². The smallest absolute Gasteiger partial charge is 0.234 e. The molecule has 0 saturated heterocycles. The lowest BCUT2D eigenvalue weighted by atomic mass is 10.4. The zero-order valence-electron chi connectivity index (χ0n) is 9.61. The molecular formula is C11H19N3O2. The maximum absolute atomic E-state index is 11.5. The van der Waals surface area contributed by atoms with Gasteiger partial charge in [0.25, 0.3) is 0 Å². The summed E-state index contributed by atoms with van der Waals surface area (Å²) in [4.78, 5) is 13.4. The molecule has 1 aromatic rings. The van der Waals surface area contributed by atoms with Crippen molar-refractivity contribution in [2.24, 2.45) is 5.73 Å². The van der Waals surface area contributed by atoms with Crippen molar-refractivity contribution in [2.75, 3.05) is 26.7 Å². The lowest BCUT2D eigenvalue weighted by Gasteiger charge is -2.15. The van der Waals surface area contributed by atoms with Crippen molar-refractivity contribution >= 4 is 5.91 Å². The van der Waals surface area contributed by atoms with Crippen LogP contribution in [-0.2, 0) is 11.3 Å². The molecule has 1 heterocycles. The van der Waals surface area contributed by atoms with E-state index in [1.165, 1.54) is 0 Å². The Hall–Kier alpha value is -1.33. The van der Waals surface area contributed by atoms with Gasteiger partial charge in [0, 0.05) is 0 Å². The highest BCUT2D eigenvalue weighted by Crippen LogP contribution is 1.98. The maximum atomic E-state index is 11.5. The summed E-state index contributed by atoms with van der Waals surface area (Å²) in [6, 6.07) is 3.63. The monoisotopic (exact) mass is 225 g/mol. The summed E-state index contributed by atoms with van der Waals surface area (Å²) >= 11 is 0. The molecule has 0 spiro atoms. The van der Waals surface area contributed by atoms with Crippen LogP contribution in [0.15, 0.2) is 22.8 Å². The second-order valence-corrected chi connectivity index (χ2v) is 3.74. The van der Waals surface area contributed by atoms with E-state index in [1.54, 1.807) is 12.3 Å². The Bertz CT molecular complexity index is 298. The van der Waals surface area contributed by atoms with Gasteiger partial charge in [-0.05, 0) is 38.7 Å². The molecule has 0 aliphatic carbocycles. The first-order valence-corrected chi connectivity index (χ1v) is 5.40. The zero-order valence-corrected chi connectivity index (χ0v) is 9.61. The van der Waals surface area contributed by atoms with Gasteiger partial charge in [0.2, 0.25) is 5.91 Å². The van der Waals surface area contributed by atoms with Crippen molar-refractivity contribution in [3.8, 4) is 0 Å². The number of rotatable bonds is 7. The van der Waals surface area contributed by atoms with Crippen molar-refractivity contribution in [3.05, 3.63) is 24.2 Å². The first-order valence-electron chi connectivity index (χ1n) is 5.40. The summed E-state index contributed by atoms with van der Waals surface area (Å²) in [5.41, 5.74) is 5.39. The molecule has 0 aliphatic rings. The molecule has 5 heteroatoms. The predicted molar refractivity (Wildman–Crippen MR) is 61.7 cm³/mol. The van der Waals surface area contributed by atoms with E-state index in [9.17, 15) is 4.79 Å². The zero-order chi connectivity index (χ0) is 11.8. The molecule has 1 rings (SSSR count). The van der Waals surface area contributed by atoms with Crippen LogP contribution >= 0.6 is 0 Å². The molecule has 0 aromatic carbocycles. The molecule has 0 atom stereocenters. The number of carbonyl (C=O) groups is 1. The second-order valence-electron chi connectivity index (χ2n) is 3.74. The van der Waals surface area contributed by atoms with Gasteiger partial charge in [0.15, 0.2) is 0 Å². The highest BCUT2D eigenvalue weighted by molar-refractivity contribution is 5.77. The highest BCUT2D eigenvalue weighted by Gasteiger charge is 2.06. The Morgan fingerprint density at radius 2 is 2.44 bits per heavy atom. The SMILES string of the molecule is CN(CCCN)CC(=O)NCc1ccco1. The molecular weight excluding hydrogens is 206 g/mol. The average molecular weight is 225 g/mol. The van der Waals surface area contributed by atoms with Gasteiger partial charge >= 0.3 is 0 Å². The largest absolute Gasteiger partial charge is 0.467 e. The van der Waals surface area contributed by atoms with E-state index < -0.39 is 0 Å². The average Bonchev–Trinajstić information content (AvgIpc) is 2.76. The Morgan fingerprint density at radius 1 is 1.62 bits per heavy atom.